The Hall–Kier alpha value is -1.40. The molecule has 0 bridgehead atoms. The molecule has 0 aromatic rings. The number of aliphatic hydroxyl groups is 2. The molecule has 0 aliphatic heterocycles. The van der Waals surface area contributed by atoms with Crippen LogP contribution in [0.1, 0.15) is 277 Å². The molecule has 57 heavy (non-hydrogen) atoms. The van der Waals surface area contributed by atoms with Crippen LogP contribution < -0.4 is 5.32 Å². The molecule has 0 aromatic heterocycles. The van der Waals surface area contributed by atoms with Crippen LogP contribution in [-0.4, -0.2) is 47.4 Å². The zero-order valence-electron chi connectivity index (χ0n) is 38.3. The second kappa shape index (κ2) is 47.3. The molecule has 0 fully saturated rings. The van der Waals surface area contributed by atoms with Crippen molar-refractivity contribution >= 4 is 11.9 Å². The van der Waals surface area contributed by atoms with Crippen LogP contribution in [0.5, 0.6) is 0 Å². The van der Waals surface area contributed by atoms with E-state index in [2.05, 4.69) is 19.2 Å². The molecule has 0 saturated carbocycles. The zero-order chi connectivity index (χ0) is 41.5. The van der Waals surface area contributed by atoms with E-state index in [1.807, 2.05) is 6.08 Å². The predicted octanol–water partition coefficient (Wildman–Crippen LogP) is 15.0. The Morgan fingerprint density at radius 2 is 0.807 bits per heavy atom. The molecule has 0 rings (SSSR count). The third-order valence-electron chi connectivity index (χ3n) is 11.8. The molecule has 0 saturated heterocycles. The van der Waals surface area contributed by atoms with Crippen LogP contribution in [0.4, 0.5) is 0 Å². The first-order valence-electron chi connectivity index (χ1n) is 25.5. The lowest BCUT2D eigenvalue weighted by molar-refractivity contribution is -0.143. The number of ether oxygens (including phenoxy) is 1. The van der Waals surface area contributed by atoms with Crippen molar-refractivity contribution in [2.24, 2.45) is 0 Å². The van der Waals surface area contributed by atoms with E-state index in [0.29, 0.717) is 19.4 Å². The number of nitrogens with one attached hydrogen (secondary N) is 1. The van der Waals surface area contributed by atoms with Gasteiger partial charge in [-0.1, -0.05) is 244 Å². The maximum atomic E-state index is 12.4. The van der Waals surface area contributed by atoms with E-state index in [-0.39, 0.29) is 18.5 Å². The summed E-state index contributed by atoms with van der Waals surface area (Å²) in [5.74, 6) is -0.118. The minimum absolute atomic E-state index is 0.0231. The average Bonchev–Trinajstić information content (AvgIpc) is 3.21. The van der Waals surface area contributed by atoms with Gasteiger partial charge in [-0.2, -0.15) is 0 Å². The number of rotatable bonds is 47. The second-order valence-electron chi connectivity index (χ2n) is 17.5. The Balaban J connectivity index is 3.48. The first kappa shape index (κ1) is 55.6. The van der Waals surface area contributed by atoms with Crippen LogP contribution >= 0.6 is 0 Å². The van der Waals surface area contributed by atoms with Gasteiger partial charge in [0.05, 0.1) is 25.4 Å². The summed E-state index contributed by atoms with van der Waals surface area (Å²) in [4.78, 5) is 24.5. The number of amides is 1. The van der Waals surface area contributed by atoms with E-state index >= 15 is 0 Å². The monoisotopic (exact) mass is 806 g/mol. The number of carbonyl (C=O) groups is 2. The fourth-order valence-corrected chi connectivity index (χ4v) is 7.87. The number of hydrogen-bond donors (Lipinski definition) is 3. The van der Waals surface area contributed by atoms with Gasteiger partial charge in [0, 0.05) is 12.8 Å². The highest BCUT2D eigenvalue weighted by Crippen LogP contribution is 2.16. The lowest BCUT2D eigenvalue weighted by atomic mass is 10.0. The topological polar surface area (TPSA) is 95.9 Å². The highest BCUT2D eigenvalue weighted by molar-refractivity contribution is 5.76. The van der Waals surface area contributed by atoms with Crippen molar-refractivity contribution in [3.05, 3.63) is 12.2 Å². The molecular formula is C51H99NO5. The fraction of sp³-hybridized carbons (Fsp3) is 0.922. The molecule has 6 nitrogen and oxygen atoms in total. The van der Waals surface area contributed by atoms with Crippen molar-refractivity contribution < 1.29 is 24.5 Å². The van der Waals surface area contributed by atoms with E-state index < -0.39 is 12.1 Å². The first-order chi connectivity index (χ1) is 28.0. The Labute approximate surface area is 355 Å². The number of unbranched alkanes of at least 4 members (excludes halogenated alkanes) is 36. The maximum absolute atomic E-state index is 12.4. The highest BCUT2D eigenvalue weighted by Gasteiger charge is 2.18. The molecule has 2 atom stereocenters. The van der Waals surface area contributed by atoms with Crippen molar-refractivity contribution in [1.29, 1.82) is 0 Å². The lowest BCUT2D eigenvalue weighted by Crippen LogP contribution is -2.45. The number of aliphatic hydroxyl groups excluding tert-OH is 2. The molecular weight excluding hydrogens is 707 g/mol. The van der Waals surface area contributed by atoms with Crippen molar-refractivity contribution in [2.45, 2.75) is 289 Å². The second-order valence-corrected chi connectivity index (χ2v) is 17.5. The normalized spacial score (nSPS) is 12.7. The smallest absolute Gasteiger partial charge is 0.305 e. The van der Waals surface area contributed by atoms with Gasteiger partial charge in [-0.3, -0.25) is 9.59 Å². The van der Waals surface area contributed by atoms with E-state index in [0.717, 1.165) is 57.8 Å². The Bertz CT molecular complexity index is 847. The highest BCUT2D eigenvalue weighted by atomic mass is 16.5. The minimum atomic E-state index is -0.859. The summed E-state index contributed by atoms with van der Waals surface area (Å²) in [5.41, 5.74) is 0. The van der Waals surface area contributed by atoms with E-state index in [1.54, 1.807) is 6.08 Å². The Morgan fingerprint density at radius 1 is 0.474 bits per heavy atom. The number of hydrogen-bond acceptors (Lipinski definition) is 5. The van der Waals surface area contributed by atoms with Crippen molar-refractivity contribution in [3.8, 4) is 0 Å². The Kier molecular flexibility index (Phi) is 46.1. The molecule has 2 unspecified atom stereocenters. The van der Waals surface area contributed by atoms with Gasteiger partial charge in [-0.05, 0) is 32.1 Å². The third-order valence-corrected chi connectivity index (χ3v) is 11.8. The van der Waals surface area contributed by atoms with Gasteiger partial charge in [0.1, 0.15) is 0 Å². The van der Waals surface area contributed by atoms with Crippen molar-refractivity contribution in [1.82, 2.24) is 5.32 Å². The van der Waals surface area contributed by atoms with Crippen LogP contribution in [0.2, 0.25) is 0 Å². The summed E-state index contributed by atoms with van der Waals surface area (Å²) in [7, 11) is 0. The number of allylic oxidation sites excluding steroid dienone is 1. The lowest BCUT2D eigenvalue weighted by Gasteiger charge is -2.20. The van der Waals surface area contributed by atoms with Crippen molar-refractivity contribution in [2.75, 3.05) is 13.2 Å². The quantitative estimate of drug-likeness (QED) is 0.0323. The van der Waals surface area contributed by atoms with Crippen LogP contribution in [0, 0.1) is 0 Å². The molecule has 6 heteroatoms. The van der Waals surface area contributed by atoms with Gasteiger partial charge in [-0.15, -0.1) is 0 Å². The van der Waals surface area contributed by atoms with Gasteiger partial charge in [0.2, 0.25) is 5.91 Å². The molecule has 0 heterocycles. The molecule has 338 valence electrons. The molecule has 3 N–H and O–H groups in total. The number of esters is 1. The third kappa shape index (κ3) is 44.0. The summed E-state index contributed by atoms with van der Waals surface area (Å²) in [6.45, 7) is 4.84. The summed E-state index contributed by atoms with van der Waals surface area (Å²) in [6, 6.07) is -0.645. The summed E-state index contributed by atoms with van der Waals surface area (Å²) in [6.07, 6.45) is 53.5. The van der Waals surface area contributed by atoms with Crippen LogP contribution in [-0.2, 0) is 14.3 Å². The van der Waals surface area contributed by atoms with E-state index in [9.17, 15) is 19.8 Å². The molecule has 0 aromatic carbocycles. The first-order valence-corrected chi connectivity index (χ1v) is 25.5. The number of carbonyl (C=O) groups excluding carboxylic acids is 2. The maximum Gasteiger partial charge on any atom is 0.305 e. The van der Waals surface area contributed by atoms with Crippen LogP contribution in [0.3, 0.4) is 0 Å². The molecule has 0 radical (unpaired) electrons. The van der Waals surface area contributed by atoms with Crippen LogP contribution in [0.15, 0.2) is 12.2 Å². The summed E-state index contributed by atoms with van der Waals surface area (Å²) in [5, 5.41) is 23.0. The fourth-order valence-electron chi connectivity index (χ4n) is 7.87. The van der Waals surface area contributed by atoms with Gasteiger partial charge in [0.15, 0.2) is 0 Å². The summed E-state index contributed by atoms with van der Waals surface area (Å²) < 4.78 is 5.46. The predicted molar refractivity (Wildman–Crippen MR) is 246 cm³/mol. The zero-order valence-corrected chi connectivity index (χ0v) is 38.3. The standard InChI is InChI=1S/C51H99NO5/c1-3-5-7-9-11-13-15-17-18-19-20-21-23-25-29-33-37-41-45-51(56)57-46-42-38-34-30-26-28-32-36-40-44-50(55)52-48(47-53)49(54)43-39-35-31-27-24-22-16-14-12-10-8-6-4-2/h39,43,48-49,53-54H,3-38,40-42,44-47H2,1-2H3,(H,52,55)/b43-39+. The van der Waals surface area contributed by atoms with E-state index in [1.165, 1.54) is 193 Å². The SMILES string of the molecule is CCCCCCCCCCCCC/C=C/C(O)C(CO)NC(=O)CCCCCCCCCCCOC(=O)CCCCCCCCCCCCCCCCCCCC. The molecule has 1 amide bonds. The molecule has 0 spiro atoms. The van der Waals surface area contributed by atoms with Gasteiger partial charge < -0.3 is 20.3 Å². The summed E-state index contributed by atoms with van der Waals surface area (Å²) >= 11 is 0. The van der Waals surface area contributed by atoms with Crippen molar-refractivity contribution in [3.63, 3.8) is 0 Å². The minimum Gasteiger partial charge on any atom is -0.466 e. The molecule has 0 aliphatic rings. The van der Waals surface area contributed by atoms with Gasteiger partial charge >= 0.3 is 5.97 Å². The largest absolute Gasteiger partial charge is 0.466 e. The van der Waals surface area contributed by atoms with E-state index in [4.69, 9.17) is 4.74 Å². The van der Waals surface area contributed by atoms with Crippen LogP contribution in [0.25, 0.3) is 0 Å². The van der Waals surface area contributed by atoms with Gasteiger partial charge in [-0.25, -0.2) is 0 Å². The molecule has 0 aliphatic carbocycles. The van der Waals surface area contributed by atoms with Gasteiger partial charge in [0.25, 0.3) is 0 Å². The average molecular weight is 806 g/mol. The Morgan fingerprint density at radius 3 is 1.19 bits per heavy atom.